The minimum absolute atomic E-state index is 0.0485. The third kappa shape index (κ3) is 2.27. The van der Waals surface area contributed by atoms with Crippen LogP contribution >= 0.6 is 0 Å². The Bertz CT molecular complexity index is 707. The maximum Gasteiger partial charge on any atom is 0.178 e. The Kier molecular flexibility index (Phi) is 4.09. The molecule has 0 aliphatic heterocycles. The van der Waals surface area contributed by atoms with Crippen molar-refractivity contribution >= 4 is 11.6 Å². The molecule has 0 aromatic rings. The van der Waals surface area contributed by atoms with E-state index in [0.29, 0.717) is 24.2 Å². The lowest BCUT2D eigenvalue weighted by atomic mass is 9.45. The van der Waals surface area contributed by atoms with Gasteiger partial charge in [0.2, 0.25) is 0 Å². The Balaban J connectivity index is 1.75. The quantitative estimate of drug-likeness (QED) is 0.796. The van der Waals surface area contributed by atoms with Crippen molar-refractivity contribution in [2.45, 2.75) is 52.6 Å². The van der Waals surface area contributed by atoms with Crippen molar-refractivity contribution in [3.05, 3.63) is 23.8 Å². The summed E-state index contributed by atoms with van der Waals surface area (Å²) in [6.07, 6.45) is 8.35. The number of carbonyl (C=O) groups is 2. The van der Waals surface area contributed by atoms with Gasteiger partial charge in [-0.1, -0.05) is 32.4 Å². The number of allylic oxidation sites excluding steroid dienone is 4. The molecule has 142 valence electrons. The Labute approximate surface area is 155 Å². The Morgan fingerprint density at radius 1 is 1.31 bits per heavy atom. The maximum atomic E-state index is 12.3. The first-order valence-corrected chi connectivity index (χ1v) is 9.99. The van der Waals surface area contributed by atoms with E-state index in [0.717, 1.165) is 24.8 Å². The number of fused-ring (bicyclic) bond motifs is 5. The van der Waals surface area contributed by atoms with Crippen LogP contribution in [0.25, 0.3) is 0 Å². The fourth-order valence-electron chi connectivity index (χ4n) is 7.39. The van der Waals surface area contributed by atoms with Gasteiger partial charge in [0, 0.05) is 17.3 Å². The van der Waals surface area contributed by atoms with E-state index in [1.165, 1.54) is 0 Å². The highest BCUT2D eigenvalue weighted by molar-refractivity contribution is 6.01. The fraction of sp³-hybridized carbons (Fsp3) is 0.727. The summed E-state index contributed by atoms with van der Waals surface area (Å²) in [7, 11) is 0. The lowest BCUT2D eigenvalue weighted by molar-refractivity contribution is -0.143. The SMILES string of the molecule is C[C@H]1CC2C3CCC(C(=O)CO)C3(C)CC(O)[C@@H]2C2(C)C=CC(=O)C=C12. The first kappa shape index (κ1) is 18.1. The topological polar surface area (TPSA) is 74.6 Å². The van der Waals surface area contributed by atoms with Crippen LogP contribution in [0.3, 0.4) is 0 Å². The second-order valence-electron chi connectivity index (χ2n) is 9.58. The first-order valence-electron chi connectivity index (χ1n) is 9.99. The third-order valence-corrected chi connectivity index (χ3v) is 8.36. The molecule has 0 amide bonds. The van der Waals surface area contributed by atoms with Crippen molar-refractivity contribution < 1.29 is 19.8 Å². The van der Waals surface area contributed by atoms with E-state index in [2.05, 4.69) is 20.8 Å². The van der Waals surface area contributed by atoms with Crippen LogP contribution in [0, 0.1) is 40.4 Å². The van der Waals surface area contributed by atoms with Crippen LogP contribution in [0.4, 0.5) is 0 Å². The zero-order valence-electron chi connectivity index (χ0n) is 15.9. The average Bonchev–Trinajstić information content (AvgIpc) is 2.92. The van der Waals surface area contributed by atoms with E-state index >= 15 is 0 Å². The number of carbonyl (C=O) groups excluding carboxylic acids is 2. The van der Waals surface area contributed by atoms with Gasteiger partial charge in [-0.2, -0.15) is 0 Å². The molecule has 4 nitrogen and oxygen atoms in total. The molecule has 2 N–H and O–H groups in total. The molecular weight excluding hydrogens is 328 g/mol. The molecule has 4 aliphatic rings. The number of ketones is 2. The Morgan fingerprint density at radius 2 is 2.04 bits per heavy atom. The molecule has 0 saturated heterocycles. The van der Waals surface area contributed by atoms with Crippen molar-refractivity contribution in [3.8, 4) is 0 Å². The second kappa shape index (κ2) is 5.87. The van der Waals surface area contributed by atoms with Crippen molar-refractivity contribution in [1.29, 1.82) is 0 Å². The minimum Gasteiger partial charge on any atom is -0.393 e. The summed E-state index contributed by atoms with van der Waals surface area (Å²) in [5, 5.41) is 20.6. The van der Waals surface area contributed by atoms with Crippen LogP contribution in [-0.4, -0.2) is 34.5 Å². The molecule has 0 aromatic carbocycles. The van der Waals surface area contributed by atoms with Gasteiger partial charge in [-0.05, 0) is 61.0 Å². The summed E-state index contributed by atoms with van der Waals surface area (Å²) in [5.41, 5.74) is 0.650. The highest BCUT2D eigenvalue weighted by atomic mass is 16.3. The highest BCUT2D eigenvalue weighted by Crippen LogP contribution is 2.66. The van der Waals surface area contributed by atoms with Gasteiger partial charge in [0.15, 0.2) is 11.6 Å². The predicted molar refractivity (Wildman–Crippen MR) is 98.1 cm³/mol. The molecule has 4 rings (SSSR count). The predicted octanol–water partition coefficient (Wildman–Crippen LogP) is 2.69. The zero-order chi connectivity index (χ0) is 18.9. The summed E-state index contributed by atoms with van der Waals surface area (Å²) in [4.78, 5) is 24.3. The van der Waals surface area contributed by atoms with Gasteiger partial charge in [-0.25, -0.2) is 0 Å². The number of aliphatic hydroxyl groups excluding tert-OH is 2. The number of hydrogen-bond donors (Lipinski definition) is 2. The molecule has 0 heterocycles. The molecule has 0 bridgehead atoms. The Morgan fingerprint density at radius 3 is 2.73 bits per heavy atom. The largest absolute Gasteiger partial charge is 0.393 e. The van der Waals surface area contributed by atoms with E-state index in [4.69, 9.17) is 0 Å². The van der Waals surface area contributed by atoms with Gasteiger partial charge in [0.25, 0.3) is 0 Å². The lowest BCUT2D eigenvalue weighted by Gasteiger charge is -2.60. The minimum atomic E-state index is -0.493. The van der Waals surface area contributed by atoms with E-state index in [9.17, 15) is 19.8 Å². The molecule has 0 radical (unpaired) electrons. The van der Waals surface area contributed by atoms with Crippen molar-refractivity contribution in [2.24, 2.45) is 40.4 Å². The number of rotatable bonds is 2. The molecule has 26 heavy (non-hydrogen) atoms. The first-order chi connectivity index (χ1) is 12.2. The van der Waals surface area contributed by atoms with Crippen LogP contribution < -0.4 is 0 Å². The second-order valence-corrected chi connectivity index (χ2v) is 9.58. The molecule has 4 aliphatic carbocycles. The average molecular weight is 358 g/mol. The molecule has 4 heteroatoms. The third-order valence-electron chi connectivity index (χ3n) is 8.36. The van der Waals surface area contributed by atoms with Crippen molar-refractivity contribution in [2.75, 3.05) is 6.61 Å². The molecule has 6 unspecified atom stereocenters. The van der Waals surface area contributed by atoms with E-state index in [-0.39, 0.29) is 34.2 Å². The highest BCUT2D eigenvalue weighted by Gasteiger charge is 2.63. The van der Waals surface area contributed by atoms with Gasteiger partial charge in [0.05, 0.1) is 6.10 Å². The van der Waals surface area contributed by atoms with Gasteiger partial charge in [-0.3, -0.25) is 9.59 Å². The van der Waals surface area contributed by atoms with E-state index < -0.39 is 12.7 Å². The monoisotopic (exact) mass is 358 g/mol. The van der Waals surface area contributed by atoms with Crippen molar-refractivity contribution in [1.82, 2.24) is 0 Å². The number of aliphatic hydroxyl groups is 2. The van der Waals surface area contributed by atoms with Crippen molar-refractivity contribution in [3.63, 3.8) is 0 Å². The van der Waals surface area contributed by atoms with Crippen LogP contribution in [-0.2, 0) is 9.59 Å². The Hall–Kier alpha value is -1.26. The van der Waals surface area contributed by atoms with Crippen LogP contribution in [0.5, 0.6) is 0 Å². The van der Waals surface area contributed by atoms with Gasteiger partial charge in [-0.15, -0.1) is 0 Å². The fourth-order valence-corrected chi connectivity index (χ4v) is 7.39. The van der Waals surface area contributed by atoms with E-state index in [1.807, 2.05) is 6.08 Å². The lowest BCUT2D eigenvalue weighted by Crippen LogP contribution is -2.57. The molecule has 3 fully saturated rings. The maximum absolute atomic E-state index is 12.3. The van der Waals surface area contributed by atoms with Crippen LogP contribution in [0.2, 0.25) is 0 Å². The summed E-state index contributed by atoms with van der Waals surface area (Å²) in [5.74, 6) is 0.967. The van der Waals surface area contributed by atoms with Crippen LogP contribution in [0.15, 0.2) is 23.8 Å². The smallest absolute Gasteiger partial charge is 0.178 e. The summed E-state index contributed by atoms with van der Waals surface area (Å²) in [6, 6.07) is 0. The van der Waals surface area contributed by atoms with E-state index in [1.54, 1.807) is 12.2 Å². The molecular formula is C22H30O4. The van der Waals surface area contributed by atoms with Crippen LogP contribution in [0.1, 0.15) is 46.5 Å². The summed E-state index contributed by atoms with van der Waals surface area (Å²) >= 11 is 0. The molecule has 0 spiro atoms. The van der Waals surface area contributed by atoms with Gasteiger partial charge in [0.1, 0.15) is 6.61 Å². The van der Waals surface area contributed by atoms with Gasteiger partial charge < -0.3 is 10.2 Å². The molecule has 3 saturated carbocycles. The summed E-state index contributed by atoms with van der Waals surface area (Å²) in [6.45, 7) is 6.12. The van der Waals surface area contributed by atoms with Gasteiger partial charge >= 0.3 is 0 Å². The molecule has 8 atom stereocenters. The number of Topliss-reactive ketones (excluding diaryl/α,β-unsaturated/α-hetero) is 1. The normalized spacial score (nSPS) is 49.9. The molecule has 0 aromatic heterocycles. The number of hydrogen-bond acceptors (Lipinski definition) is 4. The standard InChI is InChI=1S/C22H30O4/c1-12-8-14-15-4-5-16(19(26)11-23)22(15,3)10-18(25)20(14)21(2)7-6-13(24)9-17(12)21/h6-7,9,12,14-16,18,20,23,25H,4-5,8,10-11H2,1-3H3/t12-,14?,15?,16?,18?,20+,21?,22?/m0/s1. The summed E-state index contributed by atoms with van der Waals surface area (Å²) < 4.78 is 0. The zero-order valence-corrected chi connectivity index (χ0v) is 15.9.